The van der Waals surface area contributed by atoms with Crippen molar-refractivity contribution in [3.05, 3.63) is 82.2 Å². The van der Waals surface area contributed by atoms with Crippen molar-refractivity contribution in [3.8, 4) is 5.75 Å². The summed E-state index contributed by atoms with van der Waals surface area (Å²) in [6.45, 7) is 4.26. The molecule has 1 atom stereocenters. The molecule has 7 nitrogen and oxygen atoms in total. The molecule has 1 aromatic heterocycles. The lowest BCUT2D eigenvalue weighted by molar-refractivity contribution is -0.132. The number of nitrogens with zero attached hydrogens (tertiary/aromatic N) is 2. The number of aliphatic hydroxyl groups is 1. The van der Waals surface area contributed by atoms with Gasteiger partial charge in [0.05, 0.1) is 23.4 Å². The molecule has 1 amide bonds. The maximum absolute atomic E-state index is 13.3. The molecule has 186 valence electrons. The maximum atomic E-state index is 13.3. The van der Waals surface area contributed by atoms with E-state index in [-0.39, 0.29) is 11.3 Å². The summed E-state index contributed by atoms with van der Waals surface area (Å²) in [5.74, 6) is -0.0676. The topological polar surface area (TPSA) is 83.2 Å². The quantitative estimate of drug-likeness (QED) is 0.241. The molecule has 2 aromatic carbocycles. The van der Waals surface area contributed by atoms with E-state index in [9.17, 15) is 14.7 Å². The highest BCUT2D eigenvalue weighted by Gasteiger charge is 2.48. The molecule has 0 radical (unpaired) electrons. The minimum Gasteiger partial charge on any atom is -0.507 e. The number of halogens is 1. The van der Waals surface area contributed by atoms with Gasteiger partial charge in [-0.2, -0.15) is 0 Å². The predicted octanol–water partition coefficient (Wildman–Crippen LogP) is 5.91. The van der Waals surface area contributed by atoms with Crippen molar-refractivity contribution in [3.63, 3.8) is 0 Å². The van der Waals surface area contributed by atoms with Gasteiger partial charge < -0.3 is 19.2 Å². The maximum Gasteiger partial charge on any atom is 0.300 e. The number of piperidine rings is 1. The number of furan rings is 1. The third-order valence-corrected chi connectivity index (χ3v) is 7.58. The summed E-state index contributed by atoms with van der Waals surface area (Å²) in [5.41, 5.74) is 2.00. The fourth-order valence-corrected chi connectivity index (χ4v) is 5.42. The van der Waals surface area contributed by atoms with Crippen LogP contribution in [0.4, 0.5) is 11.4 Å². The van der Waals surface area contributed by atoms with Gasteiger partial charge in [-0.3, -0.25) is 14.5 Å². The number of methoxy groups -OCH3 is 1. The van der Waals surface area contributed by atoms with Crippen molar-refractivity contribution in [2.24, 2.45) is 5.92 Å². The summed E-state index contributed by atoms with van der Waals surface area (Å²) in [6, 6.07) is 15.1. The SMILES string of the molecule is COc1ccc(/C(O)=C2/C(=O)C(=O)N(c3ccc(N4CCC(C)CC4)cc3)C2c2ccco2)cc1Br. The number of Topliss-reactive ketones (excluding diaryl/α,β-unsaturated/α-hetero) is 1. The van der Waals surface area contributed by atoms with Gasteiger partial charge in [0.25, 0.3) is 11.7 Å². The second-order valence-corrected chi connectivity index (χ2v) is 10.1. The molecule has 2 fully saturated rings. The van der Waals surface area contributed by atoms with E-state index in [0.29, 0.717) is 27.2 Å². The van der Waals surface area contributed by atoms with Gasteiger partial charge in [0, 0.05) is 30.0 Å². The number of ether oxygens (including phenoxy) is 1. The van der Waals surface area contributed by atoms with Gasteiger partial charge in [0.1, 0.15) is 23.3 Å². The summed E-state index contributed by atoms with van der Waals surface area (Å²) < 4.78 is 11.5. The largest absolute Gasteiger partial charge is 0.507 e. The highest BCUT2D eigenvalue weighted by Crippen LogP contribution is 2.43. The molecule has 0 bridgehead atoms. The predicted molar refractivity (Wildman–Crippen MR) is 141 cm³/mol. The lowest BCUT2D eigenvalue weighted by atomic mass is 9.98. The van der Waals surface area contributed by atoms with Crippen LogP contribution in [0.2, 0.25) is 0 Å². The zero-order valence-electron chi connectivity index (χ0n) is 20.1. The number of rotatable bonds is 5. The first-order chi connectivity index (χ1) is 17.4. The van der Waals surface area contributed by atoms with Crippen molar-refractivity contribution in [2.45, 2.75) is 25.8 Å². The van der Waals surface area contributed by atoms with Crippen LogP contribution in [0.25, 0.3) is 5.76 Å². The van der Waals surface area contributed by atoms with Crippen LogP contribution in [0.15, 0.2) is 75.3 Å². The van der Waals surface area contributed by atoms with Crippen LogP contribution < -0.4 is 14.5 Å². The van der Waals surface area contributed by atoms with Crippen LogP contribution in [0.3, 0.4) is 0 Å². The average Bonchev–Trinajstić information content (AvgIpc) is 3.51. The number of ketones is 1. The lowest BCUT2D eigenvalue weighted by Crippen LogP contribution is -2.33. The Labute approximate surface area is 218 Å². The first kappa shape index (κ1) is 24.2. The van der Waals surface area contributed by atoms with E-state index >= 15 is 0 Å². The smallest absolute Gasteiger partial charge is 0.300 e. The van der Waals surface area contributed by atoms with Crippen LogP contribution in [0.5, 0.6) is 5.75 Å². The summed E-state index contributed by atoms with van der Waals surface area (Å²) in [7, 11) is 1.54. The molecule has 3 aromatic rings. The standard InChI is InChI=1S/C28H27BrN2O5/c1-17-11-13-30(14-12-17)19-6-8-20(9-7-19)31-25(23-4-3-15-36-23)24(27(33)28(31)34)26(32)18-5-10-22(35-2)21(29)16-18/h3-10,15-17,25,32H,11-14H2,1-2H3/b26-24-. The highest BCUT2D eigenvalue weighted by molar-refractivity contribution is 9.10. The van der Waals surface area contributed by atoms with E-state index in [0.717, 1.165) is 37.5 Å². The van der Waals surface area contributed by atoms with Gasteiger partial charge in [0.2, 0.25) is 0 Å². The highest BCUT2D eigenvalue weighted by atomic mass is 79.9. The van der Waals surface area contributed by atoms with Gasteiger partial charge in [-0.15, -0.1) is 0 Å². The summed E-state index contributed by atoms with van der Waals surface area (Å²) in [6.07, 6.45) is 3.78. The first-order valence-corrected chi connectivity index (χ1v) is 12.7. The number of benzene rings is 2. The molecule has 5 rings (SSSR count). The van der Waals surface area contributed by atoms with Crippen molar-refractivity contribution in [1.82, 2.24) is 0 Å². The number of carbonyl (C=O) groups is 2. The Morgan fingerprint density at radius 1 is 1.06 bits per heavy atom. The second-order valence-electron chi connectivity index (χ2n) is 9.22. The third-order valence-electron chi connectivity index (χ3n) is 6.96. The number of aliphatic hydroxyl groups excluding tert-OH is 1. The Morgan fingerprint density at radius 2 is 1.75 bits per heavy atom. The molecule has 0 spiro atoms. The number of carbonyl (C=O) groups excluding carboxylic acids is 2. The van der Waals surface area contributed by atoms with E-state index in [1.165, 1.54) is 11.2 Å². The van der Waals surface area contributed by atoms with Crippen LogP contribution >= 0.6 is 15.9 Å². The van der Waals surface area contributed by atoms with Crippen LogP contribution in [-0.4, -0.2) is 37.0 Å². The van der Waals surface area contributed by atoms with Gasteiger partial charge in [-0.25, -0.2) is 0 Å². The fourth-order valence-electron chi connectivity index (χ4n) is 4.87. The molecular weight excluding hydrogens is 524 g/mol. The summed E-state index contributed by atoms with van der Waals surface area (Å²) in [4.78, 5) is 30.3. The molecule has 2 saturated heterocycles. The van der Waals surface area contributed by atoms with Crippen molar-refractivity contribution in [1.29, 1.82) is 0 Å². The second kappa shape index (κ2) is 9.85. The Hall–Kier alpha value is -3.52. The number of hydrogen-bond donors (Lipinski definition) is 1. The molecular formula is C28H27BrN2O5. The Kier molecular flexibility index (Phi) is 6.62. The Balaban J connectivity index is 1.55. The number of hydrogen-bond acceptors (Lipinski definition) is 6. The number of anilines is 2. The van der Waals surface area contributed by atoms with E-state index in [1.807, 2.05) is 24.3 Å². The molecule has 0 saturated carbocycles. The molecule has 8 heteroatoms. The van der Waals surface area contributed by atoms with E-state index in [2.05, 4.69) is 27.8 Å². The van der Waals surface area contributed by atoms with E-state index < -0.39 is 17.7 Å². The normalized spacial score (nSPS) is 20.2. The van der Waals surface area contributed by atoms with Crippen LogP contribution in [0, 0.1) is 5.92 Å². The Bertz CT molecular complexity index is 1310. The first-order valence-electron chi connectivity index (χ1n) is 11.9. The molecule has 0 aliphatic carbocycles. The van der Waals surface area contributed by atoms with Crippen molar-refractivity contribution < 1.29 is 23.8 Å². The van der Waals surface area contributed by atoms with Crippen molar-refractivity contribution >= 4 is 44.8 Å². The molecule has 2 aliphatic rings. The monoisotopic (exact) mass is 550 g/mol. The zero-order chi connectivity index (χ0) is 25.4. The van der Waals surface area contributed by atoms with Crippen LogP contribution in [0.1, 0.15) is 37.1 Å². The lowest BCUT2D eigenvalue weighted by Gasteiger charge is -2.32. The minimum atomic E-state index is -0.900. The number of amides is 1. The van der Waals surface area contributed by atoms with E-state index in [4.69, 9.17) is 9.15 Å². The minimum absolute atomic E-state index is 0.0267. The third kappa shape index (κ3) is 4.30. The molecule has 2 aliphatic heterocycles. The van der Waals surface area contributed by atoms with Gasteiger partial charge in [-0.05, 0) is 89.3 Å². The summed E-state index contributed by atoms with van der Waals surface area (Å²) in [5, 5.41) is 11.2. The van der Waals surface area contributed by atoms with Gasteiger partial charge >= 0.3 is 0 Å². The molecule has 36 heavy (non-hydrogen) atoms. The van der Waals surface area contributed by atoms with Gasteiger partial charge in [0.15, 0.2) is 0 Å². The molecule has 1 N–H and O–H groups in total. The van der Waals surface area contributed by atoms with Gasteiger partial charge in [-0.1, -0.05) is 6.92 Å². The molecule has 1 unspecified atom stereocenters. The zero-order valence-corrected chi connectivity index (χ0v) is 21.7. The van der Waals surface area contributed by atoms with Crippen LogP contribution in [-0.2, 0) is 9.59 Å². The summed E-state index contributed by atoms with van der Waals surface area (Å²) >= 11 is 3.41. The van der Waals surface area contributed by atoms with Crippen molar-refractivity contribution in [2.75, 3.05) is 30.0 Å². The Morgan fingerprint density at radius 3 is 2.36 bits per heavy atom. The van der Waals surface area contributed by atoms with E-state index in [1.54, 1.807) is 37.4 Å². The molecule has 3 heterocycles. The fraction of sp³-hybridized carbons (Fsp3) is 0.286. The average molecular weight is 551 g/mol.